The first kappa shape index (κ1) is 19.9. The van der Waals surface area contributed by atoms with E-state index in [-0.39, 0.29) is 10.8 Å². The van der Waals surface area contributed by atoms with Crippen molar-refractivity contribution in [2.45, 2.75) is 18.2 Å². The molecule has 0 aliphatic rings. The molecule has 0 spiro atoms. The fourth-order valence-electron chi connectivity index (χ4n) is 2.34. The van der Waals surface area contributed by atoms with Gasteiger partial charge in [-0.1, -0.05) is 18.2 Å². The van der Waals surface area contributed by atoms with Crippen LogP contribution in [0.2, 0.25) is 0 Å². The van der Waals surface area contributed by atoms with Gasteiger partial charge in [-0.2, -0.15) is 0 Å². The molecule has 140 valence electrons. The molecule has 0 fully saturated rings. The molecule has 1 N–H and O–H groups in total. The Bertz CT molecular complexity index is 805. The molecule has 0 radical (unpaired) electrons. The molecule has 2 aromatic rings. The van der Waals surface area contributed by atoms with Gasteiger partial charge in [-0.25, -0.2) is 8.42 Å². The van der Waals surface area contributed by atoms with Crippen LogP contribution in [0, 0.1) is 0 Å². The topological polar surface area (TPSA) is 75.7 Å². The zero-order chi connectivity index (χ0) is 19.0. The van der Waals surface area contributed by atoms with E-state index < -0.39 is 10.0 Å². The summed E-state index contributed by atoms with van der Waals surface area (Å²) in [6.07, 6.45) is 0.730. The number of nitrogens with zero attached hydrogens (tertiary/aromatic N) is 1. The summed E-state index contributed by atoms with van der Waals surface area (Å²) in [7, 11) is -2.17. The number of benzene rings is 2. The van der Waals surface area contributed by atoms with Crippen molar-refractivity contribution in [3.05, 3.63) is 60.2 Å². The van der Waals surface area contributed by atoms with Gasteiger partial charge in [-0.05, 0) is 49.7 Å². The van der Waals surface area contributed by atoms with Gasteiger partial charge in [0.05, 0.1) is 10.6 Å². The van der Waals surface area contributed by atoms with Crippen molar-refractivity contribution in [3.8, 4) is 0 Å². The number of carbonyl (C=O) groups is 1. The lowest BCUT2D eigenvalue weighted by atomic mass is 10.2. The molecule has 1 amide bonds. The first-order valence-corrected chi connectivity index (χ1v) is 9.91. The predicted octanol–water partition coefficient (Wildman–Crippen LogP) is 2.67. The maximum Gasteiger partial charge on any atom is 0.264 e. The van der Waals surface area contributed by atoms with Crippen LogP contribution >= 0.6 is 0 Å². The molecular formula is C19H24N2O4S. The number of hydrogen-bond acceptors (Lipinski definition) is 4. The van der Waals surface area contributed by atoms with Crippen molar-refractivity contribution < 1.29 is 17.9 Å². The van der Waals surface area contributed by atoms with Crippen LogP contribution in [0.25, 0.3) is 0 Å². The molecule has 0 aromatic heterocycles. The van der Waals surface area contributed by atoms with Gasteiger partial charge < -0.3 is 10.1 Å². The maximum atomic E-state index is 12.7. The third kappa shape index (κ3) is 5.06. The SMILES string of the molecule is CCOCCCNC(=O)c1ccc(S(=O)(=O)N(C)c2ccccc2)cc1. The molecule has 2 rings (SSSR count). The van der Waals surface area contributed by atoms with Gasteiger partial charge in [-0.15, -0.1) is 0 Å². The quantitative estimate of drug-likeness (QED) is 0.683. The molecule has 0 aliphatic heterocycles. The van der Waals surface area contributed by atoms with Crippen LogP contribution in [0.3, 0.4) is 0 Å². The molecule has 6 nitrogen and oxygen atoms in total. The third-order valence-corrected chi connectivity index (χ3v) is 5.65. The van der Waals surface area contributed by atoms with E-state index in [1.165, 1.54) is 35.6 Å². The van der Waals surface area contributed by atoms with Crippen LogP contribution in [-0.4, -0.2) is 41.1 Å². The van der Waals surface area contributed by atoms with Gasteiger partial charge in [0, 0.05) is 32.4 Å². The van der Waals surface area contributed by atoms with Crippen molar-refractivity contribution in [2.24, 2.45) is 0 Å². The Kier molecular flexibility index (Phi) is 7.17. The lowest BCUT2D eigenvalue weighted by Crippen LogP contribution is -2.27. The van der Waals surface area contributed by atoms with E-state index >= 15 is 0 Å². The summed E-state index contributed by atoms with van der Waals surface area (Å²) in [5, 5.41) is 2.79. The summed E-state index contributed by atoms with van der Waals surface area (Å²) in [6.45, 7) is 3.68. The monoisotopic (exact) mass is 376 g/mol. The molecule has 0 saturated heterocycles. The lowest BCUT2D eigenvalue weighted by molar-refractivity contribution is 0.0944. The standard InChI is InChI=1S/C19H24N2O4S/c1-3-25-15-7-14-20-19(22)16-10-12-18(13-11-16)26(23,24)21(2)17-8-5-4-6-9-17/h4-6,8-13H,3,7,14-15H2,1-2H3,(H,20,22). The lowest BCUT2D eigenvalue weighted by Gasteiger charge is -2.19. The van der Waals surface area contributed by atoms with Gasteiger partial charge in [0.15, 0.2) is 0 Å². The molecule has 26 heavy (non-hydrogen) atoms. The van der Waals surface area contributed by atoms with Gasteiger partial charge in [0.1, 0.15) is 0 Å². The minimum Gasteiger partial charge on any atom is -0.382 e. The molecule has 2 aromatic carbocycles. The second kappa shape index (κ2) is 9.35. The van der Waals surface area contributed by atoms with Gasteiger partial charge in [0.2, 0.25) is 0 Å². The Morgan fingerprint density at radius 1 is 1.08 bits per heavy atom. The number of para-hydroxylation sites is 1. The number of carbonyl (C=O) groups excluding carboxylic acids is 1. The largest absolute Gasteiger partial charge is 0.382 e. The predicted molar refractivity (Wildman–Crippen MR) is 102 cm³/mol. The summed E-state index contributed by atoms with van der Waals surface area (Å²) < 4.78 is 31.8. The van der Waals surface area contributed by atoms with Crippen molar-refractivity contribution >= 4 is 21.6 Å². The maximum absolute atomic E-state index is 12.7. The average molecular weight is 376 g/mol. The molecule has 0 aliphatic carbocycles. The van der Waals surface area contributed by atoms with Crippen molar-refractivity contribution in [1.82, 2.24) is 5.32 Å². The Balaban J connectivity index is 2.03. The van der Waals surface area contributed by atoms with Crippen LogP contribution < -0.4 is 9.62 Å². The van der Waals surface area contributed by atoms with Crippen LogP contribution in [0.5, 0.6) is 0 Å². The molecule has 0 unspecified atom stereocenters. The van der Waals surface area contributed by atoms with E-state index in [0.717, 1.165) is 6.42 Å². The normalized spacial score (nSPS) is 11.2. The van der Waals surface area contributed by atoms with Crippen LogP contribution in [-0.2, 0) is 14.8 Å². The average Bonchev–Trinajstić information content (AvgIpc) is 2.67. The van der Waals surface area contributed by atoms with E-state index in [1.54, 1.807) is 24.3 Å². The number of anilines is 1. The highest BCUT2D eigenvalue weighted by Gasteiger charge is 2.21. The molecule has 0 heterocycles. The summed E-state index contributed by atoms with van der Waals surface area (Å²) in [5.41, 5.74) is 0.992. The van der Waals surface area contributed by atoms with Crippen molar-refractivity contribution in [2.75, 3.05) is 31.1 Å². The minimum absolute atomic E-state index is 0.136. The van der Waals surface area contributed by atoms with Crippen LogP contribution in [0.4, 0.5) is 5.69 Å². The fraction of sp³-hybridized carbons (Fsp3) is 0.316. The van der Waals surface area contributed by atoms with E-state index in [4.69, 9.17) is 4.74 Å². The second-order valence-electron chi connectivity index (χ2n) is 5.64. The number of ether oxygens (including phenoxy) is 1. The molecule has 0 saturated carbocycles. The Morgan fingerprint density at radius 2 is 1.73 bits per heavy atom. The van der Waals surface area contributed by atoms with Gasteiger partial charge in [-0.3, -0.25) is 9.10 Å². The molecular weight excluding hydrogens is 352 g/mol. The molecule has 0 bridgehead atoms. The Labute approximate surface area is 154 Å². The first-order valence-electron chi connectivity index (χ1n) is 8.47. The molecule has 0 atom stereocenters. The molecule has 7 heteroatoms. The van der Waals surface area contributed by atoms with Gasteiger partial charge in [0.25, 0.3) is 15.9 Å². The summed E-state index contributed by atoms with van der Waals surface area (Å²) in [5.74, 6) is -0.234. The van der Waals surface area contributed by atoms with E-state index in [1.807, 2.05) is 13.0 Å². The summed E-state index contributed by atoms with van der Waals surface area (Å²) in [4.78, 5) is 12.2. The fourth-order valence-corrected chi connectivity index (χ4v) is 3.53. The Morgan fingerprint density at radius 3 is 2.35 bits per heavy atom. The highest BCUT2D eigenvalue weighted by Crippen LogP contribution is 2.21. The number of hydrogen-bond donors (Lipinski definition) is 1. The number of amides is 1. The first-order chi connectivity index (χ1) is 12.5. The smallest absolute Gasteiger partial charge is 0.264 e. The number of rotatable bonds is 9. The van der Waals surface area contributed by atoms with Crippen molar-refractivity contribution in [3.63, 3.8) is 0 Å². The van der Waals surface area contributed by atoms with Crippen LogP contribution in [0.15, 0.2) is 59.5 Å². The highest BCUT2D eigenvalue weighted by molar-refractivity contribution is 7.92. The summed E-state index contributed by atoms with van der Waals surface area (Å²) >= 11 is 0. The Hall–Kier alpha value is -2.38. The second-order valence-corrected chi connectivity index (χ2v) is 7.61. The van der Waals surface area contributed by atoms with E-state index in [2.05, 4.69) is 5.32 Å². The summed E-state index contributed by atoms with van der Waals surface area (Å²) in [6, 6.07) is 14.8. The third-order valence-electron chi connectivity index (χ3n) is 3.85. The highest BCUT2D eigenvalue weighted by atomic mass is 32.2. The van der Waals surface area contributed by atoms with Crippen LogP contribution in [0.1, 0.15) is 23.7 Å². The van der Waals surface area contributed by atoms with Crippen molar-refractivity contribution in [1.29, 1.82) is 0 Å². The number of sulfonamides is 1. The minimum atomic E-state index is -3.68. The van der Waals surface area contributed by atoms with E-state index in [9.17, 15) is 13.2 Å². The zero-order valence-corrected chi connectivity index (χ0v) is 15.8. The van der Waals surface area contributed by atoms with Gasteiger partial charge >= 0.3 is 0 Å². The van der Waals surface area contributed by atoms with E-state index in [0.29, 0.717) is 31.0 Å². The number of nitrogens with one attached hydrogen (secondary N) is 1. The zero-order valence-electron chi connectivity index (χ0n) is 15.0.